The van der Waals surface area contributed by atoms with Gasteiger partial charge in [-0.1, -0.05) is 6.07 Å². The fourth-order valence-electron chi connectivity index (χ4n) is 3.46. The van der Waals surface area contributed by atoms with Gasteiger partial charge in [-0.2, -0.15) is 0 Å². The molecule has 0 radical (unpaired) electrons. The molecule has 2 atom stereocenters. The van der Waals surface area contributed by atoms with Gasteiger partial charge in [0, 0.05) is 37.6 Å². The molecule has 1 saturated heterocycles. The summed E-state index contributed by atoms with van der Waals surface area (Å²) in [5.41, 5.74) is 1.13. The lowest BCUT2D eigenvalue weighted by atomic mass is 10.2. The van der Waals surface area contributed by atoms with E-state index in [9.17, 15) is 13.6 Å². The molecule has 2 amide bonds. The number of nitrogens with zero attached hydrogens (tertiary/aromatic N) is 2. The number of carbonyl (C=O) groups is 1. The summed E-state index contributed by atoms with van der Waals surface area (Å²) in [6.07, 6.45) is -1.70. The van der Waals surface area contributed by atoms with Crippen molar-refractivity contribution in [1.82, 2.24) is 10.3 Å². The summed E-state index contributed by atoms with van der Waals surface area (Å²) < 4.78 is 40.6. The molecule has 1 aromatic carbocycles. The quantitative estimate of drug-likeness (QED) is 0.789. The monoisotopic (exact) mass is 420 g/mol. The van der Waals surface area contributed by atoms with Crippen LogP contribution in [0.15, 0.2) is 36.5 Å². The van der Waals surface area contributed by atoms with Crippen molar-refractivity contribution in [3.05, 3.63) is 42.1 Å². The first-order valence-electron chi connectivity index (χ1n) is 9.57. The van der Waals surface area contributed by atoms with Gasteiger partial charge in [-0.25, -0.2) is 9.78 Å². The van der Waals surface area contributed by atoms with Gasteiger partial charge in [0.15, 0.2) is 11.5 Å². The van der Waals surface area contributed by atoms with E-state index in [0.717, 1.165) is 24.5 Å². The third kappa shape index (κ3) is 4.70. The maximum Gasteiger partial charge on any atom is 0.586 e. The minimum Gasteiger partial charge on any atom is -0.395 e. The molecule has 10 heteroatoms. The number of hydrogen-bond donors (Lipinski definition) is 2. The number of aromatic nitrogens is 1. The predicted molar refractivity (Wildman–Crippen MR) is 105 cm³/mol. The Balaban J connectivity index is 1.29. The van der Waals surface area contributed by atoms with Crippen LogP contribution < -0.4 is 25.0 Å². The molecule has 2 aliphatic rings. The number of morpholine rings is 1. The largest absolute Gasteiger partial charge is 0.586 e. The zero-order valence-corrected chi connectivity index (χ0v) is 16.5. The first-order valence-corrected chi connectivity index (χ1v) is 9.57. The lowest BCUT2D eigenvalue weighted by Gasteiger charge is -2.36. The Morgan fingerprint density at radius 3 is 2.60 bits per heavy atom. The minimum absolute atomic E-state index is 0.0822. The smallest absolute Gasteiger partial charge is 0.395 e. The summed E-state index contributed by atoms with van der Waals surface area (Å²) in [7, 11) is 0. The van der Waals surface area contributed by atoms with Crippen LogP contribution in [0, 0.1) is 0 Å². The van der Waals surface area contributed by atoms with E-state index in [1.807, 2.05) is 26.0 Å². The number of anilines is 2. The van der Waals surface area contributed by atoms with Crippen LogP contribution in [-0.4, -0.2) is 42.6 Å². The highest BCUT2D eigenvalue weighted by molar-refractivity contribution is 5.89. The number of fused-ring (bicyclic) bond motifs is 1. The summed E-state index contributed by atoms with van der Waals surface area (Å²) in [5.74, 6) is 0.646. The lowest BCUT2D eigenvalue weighted by molar-refractivity contribution is -0.286. The van der Waals surface area contributed by atoms with E-state index in [4.69, 9.17) is 4.74 Å². The fraction of sp³-hybridized carbons (Fsp3) is 0.400. The normalized spacial score (nSPS) is 21.9. The van der Waals surface area contributed by atoms with E-state index in [0.29, 0.717) is 5.69 Å². The average molecular weight is 420 g/mol. The van der Waals surface area contributed by atoms with Gasteiger partial charge in [0.2, 0.25) is 0 Å². The number of benzene rings is 1. The second kappa shape index (κ2) is 7.94. The maximum absolute atomic E-state index is 13.1. The van der Waals surface area contributed by atoms with Crippen molar-refractivity contribution in [2.24, 2.45) is 0 Å². The Hall–Kier alpha value is -3.14. The number of rotatable bonds is 4. The molecule has 0 bridgehead atoms. The molecule has 1 fully saturated rings. The Kier molecular flexibility index (Phi) is 5.33. The number of hydrogen-bond acceptors (Lipinski definition) is 6. The Labute approximate surface area is 172 Å². The standard InChI is InChI=1S/C20H22F2N4O4/c1-12-10-26(11-13(2)28-12)18-6-3-14(8-23-18)9-24-19(27)25-15-4-5-16-17(7-15)30-20(21,22)29-16/h3-8,12-13H,9-11H2,1-2H3,(H2,24,25,27). The summed E-state index contributed by atoms with van der Waals surface area (Å²) in [6.45, 7) is 5.88. The first-order chi connectivity index (χ1) is 14.3. The van der Waals surface area contributed by atoms with Crippen LogP contribution in [-0.2, 0) is 11.3 Å². The van der Waals surface area contributed by atoms with Crippen molar-refractivity contribution in [2.45, 2.75) is 38.9 Å². The first kappa shape index (κ1) is 20.1. The highest BCUT2D eigenvalue weighted by Crippen LogP contribution is 2.42. The van der Waals surface area contributed by atoms with E-state index < -0.39 is 12.3 Å². The van der Waals surface area contributed by atoms with Gasteiger partial charge in [-0.15, -0.1) is 8.78 Å². The summed E-state index contributed by atoms with van der Waals surface area (Å²) in [4.78, 5) is 18.8. The van der Waals surface area contributed by atoms with Gasteiger partial charge < -0.3 is 29.7 Å². The fourth-order valence-corrected chi connectivity index (χ4v) is 3.46. The molecule has 0 spiro atoms. The van der Waals surface area contributed by atoms with Crippen molar-refractivity contribution in [1.29, 1.82) is 0 Å². The molecule has 160 valence electrons. The number of pyridine rings is 1. The number of carbonyl (C=O) groups excluding carboxylic acids is 1. The Bertz CT molecular complexity index is 916. The third-order valence-electron chi connectivity index (χ3n) is 4.66. The van der Waals surface area contributed by atoms with Crippen molar-refractivity contribution < 1.29 is 27.8 Å². The van der Waals surface area contributed by atoms with Crippen LogP contribution in [0.4, 0.5) is 25.1 Å². The van der Waals surface area contributed by atoms with E-state index in [-0.39, 0.29) is 30.3 Å². The molecule has 2 aliphatic heterocycles. The molecule has 8 nitrogen and oxygen atoms in total. The molecule has 2 aromatic rings. The zero-order chi connectivity index (χ0) is 21.3. The van der Waals surface area contributed by atoms with Crippen molar-refractivity contribution >= 4 is 17.5 Å². The number of alkyl halides is 2. The van der Waals surface area contributed by atoms with Crippen LogP contribution in [0.3, 0.4) is 0 Å². The van der Waals surface area contributed by atoms with Crippen LogP contribution >= 0.6 is 0 Å². The average Bonchev–Trinajstić information content (AvgIpc) is 2.99. The topological polar surface area (TPSA) is 85.0 Å². The number of ether oxygens (including phenoxy) is 3. The van der Waals surface area contributed by atoms with Gasteiger partial charge in [0.05, 0.1) is 12.2 Å². The summed E-state index contributed by atoms with van der Waals surface area (Å²) in [5, 5.41) is 5.27. The van der Waals surface area contributed by atoms with E-state index in [1.165, 1.54) is 18.2 Å². The van der Waals surface area contributed by atoms with Crippen LogP contribution in [0.1, 0.15) is 19.4 Å². The molecular weight excluding hydrogens is 398 g/mol. The molecule has 0 saturated carbocycles. The molecule has 30 heavy (non-hydrogen) atoms. The van der Waals surface area contributed by atoms with Gasteiger partial charge >= 0.3 is 12.3 Å². The highest BCUT2D eigenvalue weighted by atomic mass is 19.3. The molecule has 2 unspecified atom stereocenters. The van der Waals surface area contributed by atoms with Gasteiger partial charge in [-0.3, -0.25) is 0 Å². The molecular formula is C20H22F2N4O4. The third-order valence-corrected chi connectivity index (χ3v) is 4.66. The van der Waals surface area contributed by atoms with Gasteiger partial charge in [0.1, 0.15) is 5.82 Å². The summed E-state index contributed by atoms with van der Waals surface area (Å²) in [6, 6.07) is 7.36. The molecule has 4 rings (SSSR count). The second-order valence-electron chi connectivity index (χ2n) is 7.32. The number of nitrogens with one attached hydrogen (secondary N) is 2. The van der Waals surface area contributed by atoms with Crippen molar-refractivity contribution in [3.63, 3.8) is 0 Å². The Morgan fingerprint density at radius 2 is 1.90 bits per heavy atom. The maximum atomic E-state index is 13.1. The van der Waals surface area contributed by atoms with Crippen molar-refractivity contribution in [2.75, 3.05) is 23.3 Å². The van der Waals surface area contributed by atoms with Crippen molar-refractivity contribution in [3.8, 4) is 11.5 Å². The zero-order valence-electron chi connectivity index (χ0n) is 16.5. The number of halogens is 2. The Morgan fingerprint density at radius 1 is 1.17 bits per heavy atom. The minimum atomic E-state index is -3.69. The van der Waals surface area contributed by atoms with Gasteiger partial charge in [-0.05, 0) is 37.6 Å². The molecule has 0 aliphatic carbocycles. The number of urea groups is 1. The molecule has 1 aromatic heterocycles. The highest BCUT2D eigenvalue weighted by Gasteiger charge is 2.43. The predicted octanol–water partition coefficient (Wildman–Crippen LogP) is 3.34. The second-order valence-corrected chi connectivity index (χ2v) is 7.32. The SMILES string of the molecule is CC1CN(c2ccc(CNC(=O)Nc3ccc4c(c3)OC(F)(F)O4)cn2)CC(C)O1. The van der Waals surface area contributed by atoms with Crippen LogP contribution in [0.2, 0.25) is 0 Å². The van der Waals surface area contributed by atoms with Crippen LogP contribution in [0.5, 0.6) is 11.5 Å². The number of amides is 2. The van der Waals surface area contributed by atoms with E-state index in [1.54, 1.807) is 6.20 Å². The van der Waals surface area contributed by atoms with Crippen LogP contribution in [0.25, 0.3) is 0 Å². The molecule has 3 heterocycles. The lowest BCUT2D eigenvalue weighted by Crippen LogP contribution is -2.45. The van der Waals surface area contributed by atoms with Gasteiger partial charge in [0.25, 0.3) is 0 Å². The van der Waals surface area contributed by atoms with E-state index in [2.05, 4.69) is 30.0 Å². The summed E-state index contributed by atoms with van der Waals surface area (Å²) >= 11 is 0. The van der Waals surface area contributed by atoms with E-state index >= 15 is 0 Å². The molecule has 2 N–H and O–H groups in total.